The molecule has 1 atom stereocenters. The van der Waals surface area contributed by atoms with Crippen molar-refractivity contribution in [3.63, 3.8) is 0 Å². The summed E-state index contributed by atoms with van der Waals surface area (Å²) in [6.07, 6.45) is 0. The number of rotatable bonds is 4. The van der Waals surface area contributed by atoms with Gasteiger partial charge in [0.05, 0.1) is 5.69 Å². The Bertz CT molecular complexity index is 644. The minimum atomic E-state index is -0.780. The van der Waals surface area contributed by atoms with Crippen LogP contribution in [0.1, 0.15) is 17.3 Å². The first-order valence-electron chi connectivity index (χ1n) is 6.49. The Labute approximate surface area is 122 Å². The van der Waals surface area contributed by atoms with E-state index < -0.39 is 17.8 Å². The molecule has 108 valence electrons. The van der Waals surface area contributed by atoms with Crippen LogP contribution in [-0.4, -0.2) is 17.9 Å². The number of hydrogen-bond acceptors (Lipinski definition) is 2. The molecule has 0 aromatic heterocycles. The SMILES string of the molecule is C[C@H](NC(=O)c1ccccc1)C(=O)Nc1ccccc1F. The van der Waals surface area contributed by atoms with Crippen LogP contribution in [0.25, 0.3) is 0 Å². The number of hydrogen-bond donors (Lipinski definition) is 2. The number of halogens is 1. The third-order valence-electron chi connectivity index (χ3n) is 2.91. The van der Waals surface area contributed by atoms with Crippen molar-refractivity contribution in [1.82, 2.24) is 5.32 Å². The summed E-state index contributed by atoms with van der Waals surface area (Å²) in [7, 11) is 0. The van der Waals surface area contributed by atoms with Crippen LogP contribution in [0.15, 0.2) is 54.6 Å². The third kappa shape index (κ3) is 3.89. The molecule has 0 spiro atoms. The summed E-state index contributed by atoms with van der Waals surface area (Å²) in [4.78, 5) is 23.9. The van der Waals surface area contributed by atoms with Gasteiger partial charge in [-0.1, -0.05) is 30.3 Å². The summed E-state index contributed by atoms with van der Waals surface area (Å²) < 4.78 is 13.4. The highest BCUT2D eigenvalue weighted by molar-refractivity contribution is 6.00. The second-order valence-electron chi connectivity index (χ2n) is 4.53. The van der Waals surface area contributed by atoms with Gasteiger partial charge >= 0.3 is 0 Å². The molecule has 2 aromatic rings. The summed E-state index contributed by atoms with van der Waals surface area (Å²) in [5.41, 5.74) is 0.548. The van der Waals surface area contributed by atoms with Crippen LogP contribution in [0.2, 0.25) is 0 Å². The van der Waals surface area contributed by atoms with Crippen molar-refractivity contribution in [3.05, 3.63) is 66.0 Å². The Hall–Kier alpha value is -2.69. The molecule has 0 heterocycles. The molecular formula is C16H15FN2O2. The molecule has 0 bridgehead atoms. The molecule has 0 unspecified atom stereocenters. The summed E-state index contributed by atoms with van der Waals surface area (Å²) in [5, 5.41) is 5.00. The summed E-state index contributed by atoms with van der Waals surface area (Å²) >= 11 is 0. The van der Waals surface area contributed by atoms with Gasteiger partial charge < -0.3 is 10.6 Å². The number of amides is 2. The highest BCUT2D eigenvalue weighted by atomic mass is 19.1. The third-order valence-corrected chi connectivity index (χ3v) is 2.91. The lowest BCUT2D eigenvalue weighted by Gasteiger charge is -2.14. The van der Waals surface area contributed by atoms with Crippen LogP contribution in [-0.2, 0) is 4.79 Å². The van der Waals surface area contributed by atoms with E-state index in [-0.39, 0.29) is 11.6 Å². The van der Waals surface area contributed by atoms with E-state index in [1.54, 1.807) is 36.4 Å². The molecule has 0 aliphatic carbocycles. The van der Waals surface area contributed by atoms with Gasteiger partial charge in [-0.15, -0.1) is 0 Å². The highest BCUT2D eigenvalue weighted by Crippen LogP contribution is 2.12. The fourth-order valence-electron chi connectivity index (χ4n) is 1.74. The quantitative estimate of drug-likeness (QED) is 0.907. The predicted octanol–water partition coefficient (Wildman–Crippen LogP) is 2.58. The van der Waals surface area contributed by atoms with Gasteiger partial charge in [-0.25, -0.2) is 4.39 Å². The molecule has 0 aliphatic rings. The average Bonchev–Trinajstić information content (AvgIpc) is 2.50. The van der Waals surface area contributed by atoms with Crippen molar-refractivity contribution >= 4 is 17.5 Å². The van der Waals surface area contributed by atoms with E-state index in [1.807, 2.05) is 0 Å². The zero-order valence-corrected chi connectivity index (χ0v) is 11.5. The lowest BCUT2D eigenvalue weighted by molar-refractivity contribution is -0.117. The van der Waals surface area contributed by atoms with E-state index in [4.69, 9.17) is 0 Å². The molecule has 0 radical (unpaired) electrons. The molecule has 0 aliphatic heterocycles. The molecule has 2 N–H and O–H groups in total. The minimum Gasteiger partial charge on any atom is -0.341 e. The van der Waals surface area contributed by atoms with Gasteiger partial charge in [0, 0.05) is 5.56 Å². The Morgan fingerprint density at radius 3 is 2.29 bits per heavy atom. The first kappa shape index (κ1) is 14.7. The summed E-state index contributed by atoms with van der Waals surface area (Å²) in [6, 6.07) is 13.6. The fraction of sp³-hybridized carbons (Fsp3) is 0.125. The zero-order valence-electron chi connectivity index (χ0n) is 11.5. The van der Waals surface area contributed by atoms with Gasteiger partial charge in [-0.05, 0) is 31.2 Å². The predicted molar refractivity (Wildman–Crippen MR) is 78.4 cm³/mol. The lowest BCUT2D eigenvalue weighted by atomic mass is 10.2. The molecule has 0 saturated carbocycles. The fourth-order valence-corrected chi connectivity index (χ4v) is 1.74. The Morgan fingerprint density at radius 1 is 1.00 bits per heavy atom. The first-order chi connectivity index (χ1) is 10.1. The zero-order chi connectivity index (χ0) is 15.2. The van der Waals surface area contributed by atoms with Crippen LogP contribution in [0.5, 0.6) is 0 Å². The maximum Gasteiger partial charge on any atom is 0.251 e. The number of carbonyl (C=O) groups is 2. The van der Waals surface area contributed by atoms with Gasteiger partial charge in [0.15, 0.2) is 0 Å². The smallest absolute Gasteiger partial charge is 0.251 e. The largest absolute Gasteiger partial charge is 0.341 e. The van der Waals surface area contributed by atoms with E-state index in [0.717, 1.165) is 0 Å². The number of para-hydroxylation sites is 1. The van der Waals surface area contributed by atoms with Crippen molar-refractivity contribution < 1.29 is 14.0 Å². The molecular weight excluding hydrogens is 271 g/mol. The van der Waals surface area contributed by atoms with Crippen molar-refractivity contribution in [2.24, 2.45) is 0 Å². The standard InChI is InChI=1S/C16H15FN2O2/c1-11(18-16(21)12-7-3-2-4-8-12)15(20)19-14-10-6-5-9-13(14)17/h2-11H,1H3,(H,18,21)(H,19,20)/t11-/m0/s1. The lowest BCUT2D eigenvalue weighted by Crippen LogP contribution is -2.41. The number of carbonyl (C=O) groups excluding carboxylic acids is 2. The van der Waals surface area contributed by atoms with E-state index in [2.05, 4.69) is 10.6 Å². The Kier molecular flexibility index (Phi) is 4.66. The maximum atomic E-state index is 13.4. The average molecular weight is 286 g/mol. The van der Waals surface area contributed by atoms with Gasteiger partial charge in [0.1, 0.15) is 11.9 Å². The molecule has 2 aromatic carbocycles. The van der Waals surface area contributed by atoms with E-state index >= 15 is 0 Å². The van der Waals surface area contributed by atoms with E-state index in [1.165, 1.54) is 25.1 Å². The molecule has 5 heteroatoms. The van der Waals surface area contributed by atoms with Crippen LogP contribution in [0.4, 0.5) is 10.1 Å². The second-order valence-corrected chi connectivity index (χ2v) is 4.53. The highest BCUT2D eigenvalue weighted by Gasteiger charge is 2.17. The van der Waals surface area contributed by atoms with Crippen LogP contribution in [0.3, 0.4) is 0 Å². The topological polar surface area (TPSA) is 58.2 Å². The minimum absolute atomic E-state index is 0.0864. The molecule has 0 fully saturated rings. The number of nitrogens with one attached hydrogen (secondary N) is 2. The number of benzene rings is 2. The first-order valence-corrected chi connectivity index (χ1v) is 6.49. The molecule has 21 heavy (non-hydrogen) atoms. The molecule has 4 nitrogen and oxygen atoms in total. The van der Waals surface area contributed by atoms with Gasteiger partial charge in [-0.3, -0.25) is 9.59 Å². The van der Waals surface area contributed by atoms with Crippen molar-refractivity contribution in [1.29, 1.82) is 0 Å². The Morgan fingerprint density at radius 2 is 1.62 bits per heavy atom. The van der Waals surface area contributed by atoms with Crippen molar-refractivity contribution in [2.75, 3.05) is 5.32 Å². The maximum absolute atomic E-state index is 13.4. The molecule has 0 saturated heterocycles. The van der Waals surface area contributed by atoms with Crippen LogP contribution < -0.4 is 10.6 Å². The second kappa shape index (κ2) is 6.65. The van der Waals surface area contributed by atoms with Crippen LogP contribution >= 0.6 is 0 Å². The van der Waals surface area contributed by atoms with E-state index in [9.17, 15) is 14.0 Å². The number of anilines is 1. The van der Waals surface area contributed by atoms with E-state index in [0.29, 0.717) is 5.56 Å². The van der Waals surface area contributed by atoms with Gasteiger partial charge in [0.25, 0.3) is 5.91 Å². The summed E-state index contributed by atoms with van der Waals surface area (Å²) in [6.45, 7) is 1.54. The molecule has 2 rings (SSSR count). The van der Waals surface area contributed by atoms with Gasteiger partial charge in [0.2, 0.25) is 5.91 Å². The Balaban J connectivity index is 1.97. The van der Waals surface area contributed by atoms with Crippen LogP contribution in [0, 0.1) is 5.82 Å². The molecule has 2 amide bonds. The summed E-state index contributed by atoms with van der Waals surface area (Å²) in [5.74, 6) is -1.36. The normalized spacial score (nSPS) is 11.5. The van der Waals surface area contributed by atoms with Gasteiger partial charge in [-0.2, -0.15) is 0 Å². The van der Waals surface area contributed by atoms with Crippen molar-refractivity contribution in [3.8, 4) is 0 Å². The van der Waals surface area contributed by atoms with Crippen molar-refractivity contribution in [2.45, 2.75) is 13.0 Å². The monoisotopic (exact) mass is 286 g/mol.